The minimum absolute atomic E-state index is 0.373. The Bertz CT molecular complexity index is 205. The monoisotopic (exact) mass is 260 g/mol. The average Bonchev–Trinajstić information content (AvgIpc) is 2.83. The van der Waals surface area contributed by atoms with Gasteiger partial charge in [0.15, 0.2) is 0 Å². The molecule has 0 bridgehead atoms. The Balaban J connectivity index is 2.25. The molecule has 1 fully saturated rings. The summed E-state index contributed by atoms with van der Waals surface area (Å²) < 4.78 is 15.7. The summed E-state index contributed by atoms with van der Waals surface area (Å²) in [5.41, 5.74) is 0. The molecule has 5 nitrogen and oxygen atoms in total. The van der Waals surface area contributed by atoms with Crippen molar-refractivity contribution in [1.29, 1.82) is 0 Å². The molecule has 0 radical (unpaired) electrons. The van der Waals surface area contributed by atoms with Crippen molar-refractivity contribution < 1.29 is 14.2 Å². The second kappa shape index (κ2) is 9.69. The molecule has 1 saturated heterocycles. The van der Waals surface area contributed by atoms with Crippen LogP contribution in [0.25, 0.3) is 0 Å². The molecule has 0 aromatic carbocycles. The molecule has 1 aliphatic heterocycles. The molecule has 5 heteroatoms. The fourth-order valence-corrected chi connectivity index (χ4v) is 2.36. The molecule has 1 heterocycles. The maximum Gasteiger partial charge on any atom is 0.0711 e. The Labute approximate surface area is 111 Å². The molecule has 108 valence electrons. The predicted molar refractivity (Wildman–Crippen MR) is 72.0 cm³/mol. The van der Waals surface area contributed by atoms with E-state index in [0.29, 0.717) is 12.1 Å². The zero-order valence-corrected chi connectivity index (χ0v) is 12.0. The van der Waals surface area contributed by atoms with Crippen LogP contribution in [0.3, 0.4) is 0 Å². The van der Waals surface area contributed by atoms with Gasteiger partial charge < -0.3 is 19.5 Å². The highest BCUT2D eigenvalue weighted by molar-refractivity contribution is 4.84. The van der Waals surface area contributed by atoms with Crippen LogP contribution >= 0.6 is 0 Å². The Hall–Kier alpha value is -0.200. The van der Waals surface area contributed by atoms with Crippen molar-refractivity contribution in [3.63, 3.8) is 0 Å². The van der Waals surface area contributed by atoms with Crippen molar-refractivity contribution in [2.24, 2.45) is 0 Å². The van der Waals surface area contributed by atoms with E-state index in [1.807, 2.05) is 0 Å². The molecule has 1 aliphatic rings. The van der Waals surface area contributed by atoms with Crippen molar-refractivity contribution in [2.75, 3.05) is 60.7 Å². The summed E-state index contributed by atoms with van der Waals surface area (Å²) >= 11 is 0. The Kier molecular flexibility index (Phi) is 8.54. The lowest BCUT2D eigenvalue weighted by atomic mass is 10.2. The first-order valence-corrected chi connectivity index (χ1v) is 6.76. The van der Waals surface area contributed by atoms with Crippen molar-refractivity contribution in [3.8, 4) is 0 Å². The number of ether oxygens (including phenoxy) is 3. The third-order valence-electron chi connectivity index (χ3n) is 3.43. The number of nitrogens with one attached hydrogen (secondary N) is 1. The summed E-state index contributed by atoms with van der Waals surface area (Å²) in [5.74, 6) is 0. The minimum Gasteiger partial charge on any atom is -0.385 e. The molecule has 0 amide bonds. The van der Waals surface area contributed by atoms with Gasteiger partial charge in [-0.05, 0) is 12.8 Å². The quantitative estimate of drug-likeness (QED) is 0.574. The van der Waals surface area contributed by atoms with Crippen LogP contribution in [0.5, 0.6) is 0 Å². The van der Waals surface area contributed by atoms with Gasteiger partial charge in [0.05, 0.1) is 12.7 Å². The Morgan fingerprint density at radius 1 is 1.11 bits per heavy atom. The Morgan fingerprint density at radius 2 is 1.89 bits per heavy atom. The summed E-state index contributed by atoms with van der Waals surface area (Å²) in [7, 11) is 5.29. The van der Waals surface area contributed by atoms with E-state index < -0.39 is 0 Å². The van der Waals surface area contributed by atoms with E-state index in [0.717, 1.165) is 52.2 Å². The SMILES string of the molecule is COCCCN(CCOC)CC1CC(OC)CN1. The van der Waals surface area contributed by atoms with Gasteiger partial charge in [0.2, 0.25) is 0 Å². The molecule has 0 aliphatic carbocycles. The van der Waals surface area contributed by atoms with Gasteiger partial charge in [-0.1, -0.05) is 0 Å². The molecule has 0 saturated carbocycles. The third kappa shape index (κ3) is 6.11. The second-order valence-corrected chi connectivity index (χ2v) is 4.84. The van der Waals surface area contributed by atoms with Crippen molar-refractivity contribution >= 4 is 0 Å². The number of hydrogen-bond acceptors (Lipinski definition) is 5. The summed E-state index contributed by atoms with van der Waals surface area (Å²) in [6.45, 7) is 5.68. The van der Waals surface area contributed by atoms with E-state index in [1.54, 1.807) is 21.3 Å². The summed E-state index contributed by atoms with van der Waals surface area (Å²) in [4.78, 5) is 2.44. The zero-order chi connectivity index (χ0) is 13.2. The molecular weight excluding hydrogens is 232 g/mol. The van der Waals surface area contributed by atoms with Gasteiger partial charge in [0, 0.05) is 60.2 Å². The van der Waals surface area contributed by atoms with Gasteiger partial charge in [-0.15, -0.1) is 0 Å². The van der Waals surface area contributed by atoms with E-state index in [9.17, 15) is 0 Å². The van der Waals surface area contributed by atoms with E-state index in [2.05, 4.69) is 10.2 Å². The molecule has 1 N–H and O–H groups in total. The average molecular weight is 260 g/mol. The number of rotatable bonds is 10. The molecule has 2 atom stereocenters. The van der Waals surface area contributed by atoms with Crippen LogP contribution in [-0.2, 0) is 14.2 Å². The van der Waals surface area contributed by atoms with Crippen LogP contribution in [0.1, 0.15) is 12.8 Å². The fraction of sp³-hybridized carbons (Fsp3) is 1.00. The van der Waals surface area contributed by atoms with Gasteiger partial charge in [0.25, 0.3) is 0 Å². The predicted octanol–water partition coefficient (Wildman–Crippen LogP) is 0.348. The summed E-state index contributed by atoms with van der Waals surface area (Å²) in [5, 5.41) is 3.52. The topological polar surface area (TPSA) is 43.0 Å². The van der Waals surface area contributed by atoms with Crippen molar-refractivity contribution in [1.82, 2.24) is 10.2 Å². The normalized spacial score (nSPS) is 24.0. The van der Waals surface area contributed by atoms with Gasteiger partial charge in [-0.25, -0.2) is 0 Å². The molecule has 1 rings (SSSR count). The van der Waals surface area contributed by atoms with Crippen LogP contribution in [0.2, 0.25) is 0 Å². The molecule has 2 unspecified atom stereocenters. The van der Waals surface area contributed by atoms with Crippen LogP contribution in [0, 0.1) is 0 Å². The van der Waals surface area contributed by atoms with E-state index in [-0.39, 0.29) is 0 Å². The summed E-state index contributed by atoms with van der Waals surface area (Å²) in [6, 6.07) is 0.536. The minimum atomic E-state index is 0.373. The maximum atomic E-state index is 5.38. The standard InChI is InChI=1S/C13H28N2O3/c1-16-7-4-5-15(6-8-17-2)11-12-9-13(18-3)10-14-12/h12-14H,4-11H2,1-3H3. The lowest BCUT2D eigenvalue weighted by Gasteiger charge is -2.25. The lowest BCUT2D eigenvalue weighted by molar-refractivity contribution is 0.110. The van der Waals surface area contributed by atoms with Gasteiger partial charge in [-0.2, -0.15) is 0 Å². The third-order valence-corrected chi connectivity index (χ3v) is 3.43. The van der Waals surface area contributed by atoms with E-state index >= 15 is 0 Å². The largest absolute Gasteiger partial charge is 0.385 e. The highest BCUT2D eigenvalue weighted by Gasteiger charge is 2.25. The van der Waals surface area contributed by atoms with Gasteiger partial charge >= 0.3 is 0 Å². The molecule has 0 aromatic rings. The first-order valence-electron chi connectivity index (χ1n) is 6.76. The number of nitrogens with zero attached hydrogens (tertiary/aromatic N) is 1. The second-order valence-electron chi connectivity index (χ2n) is 4.84. The van der Waals surface area contributed by atoms with Crippen LogP contribution in [-0.4, -0.2) is 77.8 Å². The van der Waals surface area contributed by atoms with E-state index in [4.69, 9.17) is 14.2 Å². The highest BCUT2D eigenvalue weighted by atomic mass is 16.5. The van der Waals surface area contributed by atoms with Gasteiger partial charge in [0.1, 0.15) is 0 Å². The zero-order valence-electron chi connectivity index (χ0n) is 12.0. The first-order chi connectivity index (χ1) is 8.80. The number of hydrogen-bond donors (Lipinski definition) is 1. The van der Waals surface area contributed by atoms with Crippen LogP contribution in [0.15, 0.2) is 0 Å². The molecular formula is C13H28N2O3. The maximum absolute atomic E-state index is 5.38. The number of methoxy groups -OCH3 is 3. The fourth-order valence-electron chi connectivity index (χ4n) is 2.36. The van der Waals surface area contributed by atoms with Gasteiger partial charge in [-0.3, -0.25) is 4.90 Å². The van der Waals surface area contributed by atoms with Crippen molar-refractivity contribution in [3.05, 3.63) is 0 Å². The van der Waals surface area contributed by atoms with Crippen molar-refractivity contribution in [2.45, 2.75) is 25.0 Å². The highest BCUT2D eigenvalue weighted by Crippen LogP contribution is 2.11. The molecule has 0 spiro atoms. The smallest absolute Gasteiger partial charge is 0.0711 e. The molecule has 18 heavy (non-hydrogen) atoms. The molecule has 0 aromatic heterocycles. The van der Waals surface area contributed by atoms with Crippen LogP contribution in [0.4, 0.5) is 0 Å². The first kappa shape index (κ1) is 15.9. The lowest BCUT2D eigenvalue weighted by Crippen LogP contribution is -2.39. The van der Waals surface area contributed by atoms with E-state index in [1.165, 1.54) is 0 Å². The Morgan fingerprint density at radius 3 is 2.50 bits per heavy atom. The van der Waals surface area contributed by atoms with Crippen LogP contribution < -0.4 is 5.32 Å². The summed E-state index contributed by atoms with van der Waals surface area (Å²) in [6.07, 6.45) is 2.54.